The molecule has 1 atom stereocenters. The number of hydrogen-bond acceptors (Lipinski definition) is 4. The lowest BCUT2D eigenvalue weighted by atomic mass is 10.0. The van der Waals surface area contributed by atoms with Gasteiger partial charge in [-0.05, 0) is 49.1 Å². The van der Waals surface area contributed by atoms with Crippen LogP contribution >= 0.6 is 0 Å². The molecule has 2 aromatic rings. The first-order valence-electron chi connectivity index (χ1n) is 11.1. The molecular formula is C25H30N2O4. The molecule has 2 amide bonds. The molecule has 0 bridgehead atoms. The fourth-order valence-corrected chi connectivity index (χ4v) is 4.64. The Balaban J connectivity index is 1.63. The maximum absolute atomic E-state index is 13.2. The monoisotopic (exact) mass is 422 g/mol. The van der Waals surface area contributed by atoms with Gasteiger partial charge in [-0.15, -0.1) is 0 Å². The molecule has 1 aliphatic carbocycles. The number of carbonyl (C=O) groups is 2. The van der Waals surface area contributed by atoms with Crippen molar-refractivity contribution in [3.8, 4) is 11.5 Å². The van der Waals surface area contributed by atoms with Gasteiger partial charge in [-0.25, -0.2) is 0 Å². The molecule has 0 aromatic heterocycles. The Labute approximate surface area is 183 Å². The molecule has 0 radical (unpaired) electrons. The van der Waals surface area contributed by atoms with Crippen molar-refractivity contribution in [2.45, 2.75) is 57.7 Å². The molecular weight excluding hydrogens is 392 g/mol. The molecule has 0 unspecified atom stereocenters. The van der Waals surface area contributed by atoms with E-state index in [4.69, 9.17) is 9.47 Å². The van der Waals surface area contributed by atoms with E-state index in [2.05, 4.69) is 5.32 Å². The second-order valence-corrected chi connectivity index (χ2v) is 8.20. The highest BCUT2D eigenvalue weighted by Crippen LogP contribution is 2.37. The van der Waals surface area contributed by atoms with E-state index >= 15 is 0 Å². The van der Waals surface area contributed by atoms with Gasteiger partial charge < -0.3 is 19.7 Å². The van der Waals surface area contributed by atoms with Crippen LogP contribution in [-0.2, 0) is 11.3 Å². The van der Waals surface area contributed by atoms with E-state index in [1.807, 2.05) is 49.4 Å². The highest BCUT2D eigenvalue weighted by Gasteiger charge is 2.35. The standard InChI is InChI=1S/C25H30N2O4/c1-3-31-22-13-12-17(14-23(22)30-2)21(15-24(28)26-19-9-5-6-10-19)27-16-18-8-4-7-11-20(18)25(27)29/h4,7-8,11-14,19,21H,3,5-6,9-10,15-16H2,1-2H3,(H,26,28)/t21-/m0/s1. The van der Waals surface area contributed by atoms with Gasteiger partial charge in [0.05, 0.1) is 26.2 Å². The minimum Gasteiger partial charge on any atom is -0.493 e. The number of fused-ring (bicyclic) bond motifs is 1. The van der Waals surface area contributed by atoms with Crippen LogP contribution in [0.1, 0.15) is 66.6 Å². The first-order valence-corrected chi connectivity index (χ1v) is 11.1. The Morgan fingerprint density at radius 1 is 1.16 bits per heavy atom. The number of nitrogens with zero attached hydrogens (tertiary/aromatic N) is 1. The average molecular weight is 423 g/mol. The summed E-state index contributed by atoms with van der Waals surface area (Å²) in [5.74, 6) is 1.19. The van der Waals surface area contributed by atoms with Crippen LogP contribution in [0, 0.1) is 0 Å². The number of rotatable bonds is 8. The second kappa shape index (κ2) is 9.41. The first-order chi connectivity index (χ1) is 15.1. The fraction of sp³-hybridized carbons (Fsp3) is 0.440. The fourth-order valence-electron chi connectivity index (χ4n) is 4.64. The van der Waals surface area contributed by atoms with Gasteiger partial charge in [-0.3, -0.25) is 9.59 Å². The Hall–Kier alpha value is -3.02. The summed E-state index contributed by atoms with van der Waals surface area (Å²) in [6, 6.07) is 13.2. The third kappa shape index (κ3) is 4.53. The van der Waals surface area contributed by atoms with Crippen LogP contribution in [0.5, 0.6) is 11.5 Å². The summed E-state index contributed by atoms with van der Waals surface area (Å²) < 4.78 is 11.2. The summed E-state index contributed by atoms with van der Waals surface area (Å²) in [5.41, 5.74) is 2.57. The van der Waals surface area contributed by atoms with Crippen LogP contribution in [0.4, 0.5) is 0 Å². The van der Waals surface area contributed by atoms with Gasteiger partial charge in [0.15, 0.2) is 11.5 Å². The molecule has 2 aliphatic rings. The topological polar surface area (TPSA) is 67.9 Å². The van der Waals surface area contributed by atoms with Gasteiger partial charge in [0, 0.05) is 18.2 Å². The van der Waals surface area contributed by atoms with Gasteiger partial charge in [-0.2, -0.15) is 0 Å². The lowest BCUT2D eigenvalue weighted by Crippen LogP contribution is -2.37. The molecule has 1 N–H and O–H groups in total. The quantitative estimate of drug-likeness (QED) is 0.691. The number of nitrogens with one attached hydrogen (secondary N) is 1. The molecule has 31 heavy (non-hydrogen) atoms. The molecule has 4 rings (SSSR count). The molecule has 1 saturated carbocycles. The normalized spacial score (nSPS) is 16.8. The predicted octanol–water partition coefficient (Wildman–Crippen LogP) is 4.24. The summed E-state index contributed by atoms with van der Waals surface area (Å²) in [4.78, 5) is 27.9. The van der Waals surface area contributed by atoms with Gasteiger partial charge in [0.25, 0.3) is 5.91 Å². The highest BCUT2D eigenvalue weighted by atomic mass is 16.5. The number of amides is 2. The Morgan fingerprint density at radius 3 is 2.65 bits per heavy atom. The van der Waals surface area contributed by atoms with Gasteiger partial charge in [0.1, 0.15) is 0 Å². The van der Waals surface area contributed by atoms with Gasteiger partial charge in [-0.1, -0.05) is 37.1 Å². The van der Waals surface area contributed by atoms with Crippen molar-refractivity contribution in [3.05, 3.63) is 59.2 Å². The zero-order valence-corrected chi connectivity index (χ0v) is 18.2. The third-order valence-corrected chi connectivity index (χ3v) is 6.20. The summed E-state index contributed by atoms with van der Waals surface area (Å²) in [7, 11) is 1.60. The van der Waals surface area contributed by atoms with E-state index in [1.54, 1.807) is 12.0 Å². The van der Waals surface area contributed by atoms with Crippen LogP contribution in [0.3, 0.4) is 0 Å². The lowest BCUT2D eigenvalue weighted by molar-refractivity contribution is -0.122. The molecule has 0 spiro atoms. The van der Waals surface area contributed by atoms with Crippen molar-refractivity contribution in [1.29, 1.82) is 0 Å². The second-order valence-electron chi connectivity index (χ2n) is 8.20. The minimum absolute atomic E-state index is 0.0199. The lowest BCUT2D eigenvalue weighted by Gasteiger charge is -2.29. The summed E-state index contributed by atoms with van der Waals surface area (Å²) >= 11 is 0. The molecule has 1 fully saturated rings. The predicted molar refractivity (Wildman–Crippen MR) is 118 cm³/mol. The largest absolute Gasteiger partial charge is 0.493 e. The molecule has 1 heterocycles. The van der Waals surface area contributed by atoms with Crippen LogP contribution in [0.2, 0.25) is 0 Å². The van der Waals surface area contributed by atoms with Crippen molar-refractivity contribution in [3.63, 3.8) is 0 Å². The van der Waals surface area contributed by atoms with E-state index in [9.17, 15) is 9.59 Å². The van der Waals surface area contributed by atoms with Crippen LogP contribution < -0.4 is 14.8 Å². The minimum atomic E-state index is -0.383. The van der Waals surface area contributed by atoms with E-state index in [0.717, 1.165) is 36.8 Å². The SMILES string of the molecule is CCOc1ccc([C@H](CC(=O)NC2CCCC2)N2Cc3ccccc3C2=O)cc1OC. The maximum Gasteiger partial charge on any atom is 0.255 e. The van der Waals surface area contributed by atoms with Crippen molar-refractivity contribution in [1.82, 2.24) is 10.2 Å². The molecule has 164 valence electrons. The smallest absolute Gasteiger partial charge is 0.255 e. The number of ether oxygens (including phenoxy) is 2. The Kier molecular flexibility index (Phi) is 6.44. The third-order valence-electron chi connectivity index (χ3n) is 6.20. The molecule has 2 aromatic carbocycles. The van der Waals surface area contributed by atoms with E-state index < -0.39 is 0 Å². The van der Waals surface area contributed by atoms with Crippen LogP contribution in [-0.4, -0.2) is 36.5 Å². The van der Waals surface area contributed by atoms with E-state index in [-0.39, 0.29) is 30.3 Å². The molecule has 1 aliphatic heterocycles. The first kappa shape index (κ1) is 21.2. The average Bonchev–Trinajstić information content (AvgIpc) is 3.40. The van der Waals surface area contributed by atoms with E-state index in [1.165, 1.54) is 0 Å². The van der Waals surface area contributed by atoms with Crippen molar-refractivity contribution >= 4 is 11.8 Å². The molecule has 0 saturated heterocycles. The Bertz CT molecular complexity index is 952. The summed E-state index contributed by atoms with van der Waals surface area (Å²) in [5, 5.41) is 3.17. The van der Waals surface area contributed by atoms with Crippen molar-refractivity contribution in [2.75, 3.05) is 13.7 Å². The van der Waals surface area contributed by atoms with Crippen LogP contribution in [0.25, 0.3) is 0 Å². The summed E-state index contributed by atoms with van der Waals surface area (Å²) in [6.45, 7) is 2.94. The number of methoxy groups -OCH3 is 1. The van der Waals surface area contributed by atoms with E-state index in [0.29, 0.717) is 30.2 Å². The molecule has 6 heteroatoms. The van der Waals surface area contributed by atoms with Crippen molar-refractivity contribution < 1.29 is 19.1 Å². The highest BCUT2D eigenvalue weighted by molar-refractivity contribution is 5.98. The zero-order chi connectivity index (χ0) is 21.8. The maximum atomic E-state index is 13.2. The Morgan fingerprint density at radius 2 is 1.94 bits per heavy atom. The molecule has 6 nitrogen and oxygen atoms in total. The zero-order valence-electron chi connectivity index (χ0n) is 18.2. The summed E-state index contributed by atoms with van der Waals surface area (Å²) in [6.07, 6.45) is 4.59. The number of carbonyl (C=O) groups excluding carboxylic acids is 2. The number of hydrogen-bond donors (Lipinski definition) is 1. The van der Waals surface area contributed by atoms with Gasteiger partial charge in [0.2, 0.25) is 5.91 Å². The number of benzene rings is 2. The van der Waals surface area contributed by atoms with Gasteiger partial charge >= 0.3 is 0 Å². The van der Waals surface area contributed by atoms with Crippen LogP contribution in [0.15, 0.2) is 42.5 Å². The van der Waals surface area contributed by atoms with Crippen molar-refractivity contribution in [2.24, 2.45) is 0 Å².